The molecule has 0 aromatic heterocycles. The molecule has 4 nitrogen and oxygen atoms in total. The first-order valence-electron chi connectivity index (χ1n) is 9.10. The predicted molar refractivity (Wildman–Crippen MR) is 105 cm³/mol. The molecule has 0 spiro atoms. The number of hydrogen-bond donors (Lipinski definition) is 2. The van der Waals surface area contributed by atoms with E-state index in [0.29, 0.717) is 21.8 Å². The minimum atomic E-state index is -0.290. The molecule has 2 aromatic carbocycles. The van der Waals surface area contributed by atoms with E-state index in [2.05, 4.69) is 10.6 Å². The molecule has 3 rings (SSSR count). The first kappa shape index (κ1) is 18.5. The summed E-state index contributed by atoms with van der Waals surface area (Å²) in [7, 11) is 0. The summed E-state index contributed by atoms with van der Waals surface area (Å²) in [5, 5.41) is 6.36. The van der Waals surface area contributed by atoms with Crippen molar-refractivity contribution in [3.05, 3.63) is 64.7 Å². The lowest BCUT2D eigenvalue weighted by Gasteiger charge is -2.16. The summed E-state index contributed by atoms with van der Waals surface area (Å²) in [6.07, 6.45) is 6.85. The molecular formula is C21H23ClN2O2. The number of anilines is 1. The molecule has 1 aliphatic carbocycles. The fourth-order valence-corrected chi connectivity index (χ4v) is 3.43. The Balaban J connectivity index is 1.68. The fourth-order valence-electron chi connectivity index (χ4n) is 3.25. The van der Waals surface area contributed by atoms with Gasteiger partial charge >= 0.3 is 0 Å². The van der Waals surface area contributed by atoms with Crippen molar-refractivity contribution >= 4 is 29.1 Å². The molecule has 0 heterocycles. The summed E-state index contributed by atoms with van der Waals surface area (Å²) in [6.45, 7) is 0. The Morgan fingerprint density at radius 3 is 2.19 bits per heavy atom. The van der Waals surface area contributed by atoms with Crippen molar-refractivity contribution in [1.29, 1.82) is 0 Å². The summed E-state index contributed by atoms with van der Waals surface area (Å²) in [6, 6.07) is 14.1. The molecule has 1 fully saturated rings. The van der Waals surface area contributed by atoms with E-state index in [-0.39, 0.29) is 17.9 Å². The summed E-state index contributed by atoms with van der Waals surface area (Å²) in [5.41, 5.74) is 1.48. The first-order valence-corrected chi connectivity index (χ1v) is 9.48. The van der Waals surface area contributed by atoms with Crippen LogP contribution in [0.3, 0.4) is 0 Å². The number of hydrogen-bond acceptors (Lipinski definition) is 2. The maximum Gasteiger partial charge on any atom is 0.255 e. The van der Waals surface area contributed by atoms with Crippen LogP contribution >= 0.6 is 11.6 Å². The topological polar surface area (TPSA) is 58.2 Å². The van der Waals surface area contributed by atoms with Gasteiger partial charge in [-0.15, -0.1) is 0 Å². The van der Waals surface area contributed by atoms with Gasteiger partial charge < -0.3 is 10.6 Å². The zero-order valence-corrected chi connectivity index (χ0v) is 15.4. The van der Waals surface area contributed by atoms with Gasteiger partial charge in [0, 0.05) is 17.2 Å². The molecule has 136 valence electrons. The van der Waals surface area contributed by atoms with Gasteiger partial charge in [0.2, 0.25) is 0 Å². The molecule has 2 N–H and O–H groups in total. The SMILES string of the molecule is O=C(Nc1ccccc1Cl)c1cccc(C(=O)NC2CCCCCC2)c1. The van der Waals surface area contributed by atoms with Gasteiger partial charge in [0.25, 0.3) is 11.8 Å². The van der Waals surface area contributed by atoms with Crippen LogP contribution in [0.1, 0.15) is 59.2 Å². The van der Waals surface area contributed by atoms with Crippen LogP contribution in [0.25, 0.3) is 0 Å². The number of amides is 2. The van der Waals surface area contributed by atoms with Crippen molar-refractivity contribution in [3.63, 3.8) is 0 Å². The second-order valence-electron chi connectivity index (χ2n) is 6.68. The van der Waals surface area contributed by atoms with Crippen molar-refractivity contribution in [2.75, 3.05) is 5.32 Å². The van der Waals surface area contributed by atoms with Crippen molar-refractivity contribution in [1.82, 2.24) is 5.32 Å². The van der Waals surface area contributed by atoms with Crippen LogP contribution in [-0.2, 0) is 0 Å². The molecule has 0 bridgehead atoms. The third-order valence-corrected chi connectivity index (χ3v) is 5.03. The van der Waals surface area contributed by atoms with Crippen molar-refractivity contribution in [3.8, 4) is 0 Å². The van der Waals surface area contributed by atoms with E-state index in [4.69, 9.17) is 11.6 Å². The van der Waals surface area contributed by atoms with E-state index in [9.17, 15) is 9.59 Å². The molecule has 0 aliphatic heterocycles. The number of nitrogens with one attached hydrogen (secondary N) is 2. The zero-order valence-electron chi connectivity index (χ0n) is 14.6. The van der Waals surface area contributed by atoms with Crippen molar-refractivity contribution < 1.29 is 9.59 Å². The summed E-state index contributed by atoms with van der Waals surface area (Å²) >= 11 is 6.08. The highest BCUT2D eigenvalue weighted by atomic mass is 35.5. The third-order valence-electron chi connectivity index (χ3n) is 4.70. The number of benzene rings is 2. The lowest BCUT2D eigenvalue weighted by atomic mass is 10.1. The van der Waals surface area contributed by atoms with E-state index in [1.54, 1.807) is 48.5 Å². The smallest absolute Gasteiger partial charge is 0.255 e. The molecule has 1 aliphatic rings. The van der Waals surface area contributed by atoms with E-state index < -0.39 is 0 Å². The molecule has 0 unspecified atom stereocenters. The van der Waals surface area contributed by atoms with Crippen LogP contribution in [0.5, 0.6) is 0 Å². The van der Waals surface area contributed by atoms with Gasteiger partial charge in [-0.1, -0.05) is 55.5 Å². The van der Waals surface area contributed by atoms with Gasteiger partial charge in [0.05, 0.1) is 10.7 Å². The first-order chi connectivity index (χ1) is 12.6. The quantitative estimate of drug-likeness (QED) is 0.740. The van der Waals surface area contributed by atoms with E-state index in [1.165, 1.54) is 12.8 Å². The normalized spacial score (nSPS) is 15.1. The average Bonchev–Trinajstić information content (AvgIpc) is 2.92. The molecule has 5 heteroatoms. The number of para-hydroxylation sites is 1. The Bertz CT molecular complexity index is 783. The Morgan fingerprint density at radius 2 is 1.50 bits per heavy atom. The van der Waals surface area contributed by atoms with Gasteiger partial charge in [-0.05, 0) is 43.2 Å². The van der Waals surface area contributed by atoms with Crippen LogP contribution in [0.4, 0.5) is 5.69 Å². The minimum absolute atomic E-state index is 0.121. The van der Waals surface area contributed by atoms with E-state index >= 15 is 0 Å². The van der Waals surface area contributed by atoms with Gasteiger partial charge in [-0.3, -0.25) is 9.59 Å². The van der Waals surface area contributed by atoms with E-state index in [1.807, 2.05) is 0 Å². The average molecular weight is 371 g/mol. The monoisotopic (exact) mass is 370 g/mol. The summed E-state index contributed by atoms with van der Waals surface area (Å²) in [4.78, 5) is 25.0. The maximum absolute atomic E-state index is 12.5. The highest BCUT2D eigenvalue weighted by Gasteiger charge is 2.17. The Morgan fingerprint density at radius 1 is 0.846 bits per heavy atom. The zero-order chi connectivity index (χ0) is 18.4. The molecule has 0 atom stereocenters. The molecule has 26 heavy (non-hydrogen) atoms. The Kier molecular flexibility index (Phi) is 6.29. The number of halogens is 1. The second-order valence-corrected chi connectivity index (χ2v) is 7.08. The molecule has 1 saturated carbocycles. The fraction of sp³-hybridized carbons (Fsp3) is 0.333. The standard InChI is InChI=1S/C21H23ClN2O2/c22-18-12-5-6-13-19(18)24-21(26)16-9-7-8-15(14-16)20(25)23-17-10-3-1-2-4-11-17/h5-9,12-14,17H,1-4,10-11H2,(H,23,25)(H,24,26). The van der Waals surface area contributed by atoms with Crippen molar-refractivity contribution in [2.45, 2.75) is 44.6 Å². The molecule has 2 amide bonds. The molecule has 0 saturated heterocycles. The highest BCUT2D eigenvalue weighted by Crippen LogP contribution is 2.21. The van der Waals surface area contributed by atoms with Gasteiger partial charge in [-0.2, -0.15) is 0 Å². The van der Waals surface area contributed by atoms with Crippen LogP contribution in [0, 0.1) is 0 Å². The van der Waals surface area contributed by atoms with Gasteiger partial charge in [0.1, 0.15) is 0 Å². The third kappa shape index (κ3) is 4.85. The largest absolute Gasteiger partial charge is 0.349 e. The Labute approximate surface area is 158 Å². The molecular weight excluding hydrogens is 348 g/mol. The van der Waals surface area contributed by atoms with Gasteiger partial charge in [-0.25, -0.2) is 0 Å². The predicted octanol–water partition coefficient (Wildman–Crippen LogP) is 5.04. The number of rotatable bonds is 4. The van der Waals surface area contributed by atoms with Gasteiger partial charge in [0.15, 0.2) is 0 Å². The molecule has 2 aromatic rings. The van der Waals surface area contributed by atoms with Crippen LogP contribution in [0.2, 0.25) is 5.02 Å². The number of carbonyl (C=O) groups excluding carboxylic acids is 2. The second kappa shape index (κ2) is 8.86. The maximum atomic E-state index is 12.5. The lowest BCUT2D eigenvalue weighted by Crippen LogP contribution is -2.34. The van der Waals surface area contributed by atoms with Crippen LogP contribution < -0.4 is 10.6 Å². The summed E-state index contributed by atoms with van der Waals surface area (Å²) < 4.78 is 0. The lowest BCUT2D eigenvalue weighted by molar-refractivity contribution is 0.0933. The Hall–Kier alpha value is -2.33. The van der Waals surface area contributed by atoms with Crippen LogP contribution in [-0.4, -0.2) is 17.9 Å². The molecule has 0 radical (unpaired) electrons. The highest BCUT2D eigenvalue weighted by molar-refractivity contribution is 6.33. The number of carbonyl (C=O) groups is 2. The summed E-state index contributed by atoms with van der Waals surface area (Å²) in [5.74, 6) is -0.411. The van der Waals surface area contributed by atoms with Crippen LogP contribution in [0.15, 0.2) is 48.5 Å². The van der Waals surface area contributed by atoms with Crippen molar-refractivity contribution in [2.24, 2.45) is 0 Å². The van der Waals surface area contributed by atoms with E-state index in [0.717, 1.165) is 25.7 Å². The minimum Gasteiger partial charge on any atom is -0.349 e.